The fraction of sp³-hybridized carbons (Fsp3) is 0.611. The maximum absolute atomic E-state index is 12.4. The summed E-state index contributed by atoms with van der Waals surface area (Å²) in [6, 6.07) is 9.52. The van der Waals surface area contributed by atoms with Crippen LogP contribution in [0.2, 0.25) is 0 Å². The molecule has 0 bridgehead atoms. The summed E-state index contributed by atoms with van der Waals surface area (Å²) in [5.74, 6) is 1.07. The van der Waals surface area contributed by atoms with Gasteiger partial charge in [-0.3, -0.25) is 4.79 Å². The van der Waals surface area contributed by atoms with Crippen LogP contribution < -0.4 is 4.74 Å². The third-order valence-corrected chi connectivity index (χ3v) is 7.46. The van der Waals surface area contributed by atoms with E-state index in [1.807, 2.05) is 49.3 Å². The molecule has 3 atom stereocenters. The number of ether oxygens (including phenoxy) is 1. The zero-order valence-electron chi connectivity index (χ0n) is 14.8. The Balaban J connectivity index is 1.49. The van der Waals surface area contributed by atoms with Crippen LogP contribution in [-0.4, -0.2) is 75.0 Å². The van der Waals surface area contributed by atoms with Crippen molar-refractivity contribution in [3.63, 3.8) is 0 Å². The number of carbonyl (C=O) groups is 1. The second kappa shape index (κ2) is 7.33. The molecule has 1 aromatic carbocycles. The van der Waals surface area contributed by atoms with Crippen molar-refractivity contribution in [2.75, 3.05) is 39.5 Å². The SMILES string of the molecule is CN(C)[C@@H]1CS(=O)(=O)[C@H]2CN(C(=O)CCCOc3ccccc3)C[C@@H]12. The first-order valence-corrected chi connectivity index (χ1v) is 10.4. The second-order valence-corrected chi connectivity index (χ2v) is 9.39. The van der Waals surface area contributed by atoms with Crippen molar-refractivity contribution in [3.8, 4) is 5.75 Å². The normalized spacial score (nSPS) is 27.5. The van der Waals surface area contributed by atoms with Gasteiger partial charge in [-0.05, 0) is 32.6 Å². The minimum absolute atomic E-state index is 0.00853. The van der Waals surface area contributed by atoms with Gasteiger partial charge in [0.2, 0.25) is 5.91 Å². The lowest BCUT2D eigenvalue weighted by Crippen LogP contribution is -2.38. The molecule has 2 heterocycles. The molecule has 0 unspecified atom stereocenters. The molecule has 0 aromatic heterocycles. The molecule has 0 radical (unpaired) electrons. The second-order valence-electron chi connectivity index (χ2n) is 7.13. The molecule has 0 aliphatic carbocycles. The molecule has 1 aromatic rings. The van der Waals surface area contributed by atoms with Crippen molar-refractivity contribution in [1.29, 1.82) is 0 Å². The van der Waals surface area contributed by atoms with Crippen LogP contribution in [0.3, 0.4) is 0 Å². The zero-order valence-corrected chi connectivity index (χ0v) is 15.6. The molecule has 25 heavy (non-hydrogen) atoms. The van der Waals surface area contributed by atoms with Crippen LogP contribution in [0.1, 0.15) is 12.8 Å². The predicted molar refractivity (Wildman–Crippen MR) is 96.3 cm³/mol. The third kappa shape index (κ3) is 3.98. The first kappa shape index (κ1) is 18.2. The van der Waals surface area contributed by atoms with Crippen molar-refractivity contribution in [2.45, 2.75) is 24.1 Å². The topological polar surface area (TPSA) is 66.9 Å². The number of rotatable bonds is 6. The van der Waals surface area contributed by atoms with Gasteiger partial charge in [0.1, 0.15) is 5.75 Å². The zero-order chi connectivity index (χ0) is 18.0. The summed E-state index contributed by atoms with van der Waals surface area (Å²) in [5.41, 5.74) is 0. The monoisotopic (exact) mass is 366 g/mol. The van der Waals surface area contributed by atoms with E-state index >= 15 is 0 Å². The minimum Gasteiger partial charge on any atom is -0.494 e. The van der Waals surface area contributed by atoms with Crippen LogP contribution in [0.15, 0.2) is 30.3 Å². The molecule has 2 fully saturated rings. The maximum Gasteiger partial charge on any atom is 0.222 e. The molecule has 0 N–H and O–H groups in total. The van der Waals surface area contributed by atoms with E-state index in [4.69, 9.17) is 4.74 Å². The molecular weight excluding hydrogens is 340 g/mol. The minimum atomic E-state index is -3.11. The van der Waals surface area contributed by atoms with Gasteiger partial charge in [-0.2, -0.15) is 0 Å². The highest BCUT2D eigenvalue weighted by Crippen LogP contribution is 2.36. The number of sulfone groups is 1. The fourth-order valence-corrected chi connectivity index (χ4v) is 6.33. The van der Waals surface area contributed by atoms with Crippen LogP contribution in [-0.2, 0) is 14.6 Å². The van der Waals surface area contributed by atoms with E-state index in [1.165, 1.54) is 0 Å². The van der Waals surface area contributed by atoms with Crippen molar-refractivity contribution < 1.29 is 17.9 Å². The van der Waals surface area contributed by atoms with Crippen LogP contribution in [0, 0.1) is 5.92 Å². The van der Waals surface area contributed by atoms with Gasteiger partial charge in [0.25, 0.3) is 0 Å². The Morgan fingerprint density at radius 1 is 1.24 bits per heavy atom. The Hall–Kier alpha value is -1.60. The fourth-order valence-electron chi connectivity index (χ4n) is 3.86. The van der Waals surface area contributed by atoms with E-state index < -0.39 is 15.1 Å². The molecule has 3 rings (SSSR count). The Bertz CT molecular complexity index is 705. The summed E-state index contributed by atoms with van der Waals surface area (Å²) in [5, 5.41) is -0.399. The number of carbonyl (C=O) groups excluding carboxylic acids is 1. The standard InChI is InChI=1S/C18H26N2O4S/c1-19(2)16-13-25(22,23)17-12-20(11-15(16)17)18(21)9-6-10-24-14-7-4-3-5-8-14/h3-5,7-8,15-17H,6,9-13H2,1-2H3/t15-,16+,17-/m0/s1. The van der Waals surface area contributed by atoms with E-state index in [9.17, 15) is 13.2 Å². The van der Waals surface area contributed by atoms with E-state index in [0.29, 0.717) is 32.5 Å². The number of likely N-dealkylation sites (tertiary alicyclic amines) is 1. The number of hydrogen-bond donors (Lipinski definition) is 0. The Morgan fingerprint density at radius 3 is 2.64 bits per heavy atom. The largest absolute Gasteiger partial charge is 0.494 e. The highest BCUT2D eigenvalue weighted by molar-refractivity contribution is 7.92. The van der Waals surface area contributed by atoms with Gasteiger partial charge in [-0.1, -0.05) is 18.2 Å². The van der Waals surface area contributed by atoms with Crippen LogP contribution in [0.25, 0.3) is 0 Å². The van der Waals surface area contributed by atoms with Crippen molar-refractivity contribution in [1.82, 2.24) is 9.80 Å². The van der Waals surface area contributed by atoms with Gasteiger partial charge in [0.15, 0.2) is 9.84 Å². The molecular formula is C18H26N2O4S. The van der Waals surface area contributed by atoms with Crippen molar-refractivity contribution in [2.24, 2.45) is 5.92 Å². The van der Waals surface area contributed by atoms with E-state index in [1.54, 1.807) is 4.90 Å². The molecule has 138 valence electrons. The lowest BCUT2D eigenvalue weighted by atomic mass is 10.00. The predicted octanol–water partition coefficient (Wildman–Crippen LogP) is 1.03. The van der Waals surface area contributed by atoms with Gasteiger partial charge < -0.3 is 14.5 Å². The quantitative estimate of drug-likeness (QED) is 0.704. The molecule has 2 aliphatic rings. The average molecular weight is 366 g/mol. The molecule has 1 amide bonds. The van der Waals surface area contributed by atoms with E-state index in [2.05, 4.69) is 0 Å². The van der Waals surface area contributed by atoms with Crippen molar-refractivity contribution in [3.05, 3.63) is 30.3 Å². The lowest BCUT2D eigenvalue weighted by molar-refractivity contribution is -0.130. The lowest BCUT2D eigenvalue weighted by Gasteiger charge is -2.25. The number of benzene rings is 1. The summed E-state index contributed by atoms with van der Waals surface area (Å²) in [6.07, 6.45) is 1.02. The first-order valence-electron chi connectivity index (χ1n) is 8.72. The number of amides is 1. The summed E-state index contributed by atoms with van der Waals surface area (Å²) in [4.78, 5) is 16.1. The number of para-hydroxylation sites is 1. The number of hydrogen-bond acceptors (Lipinski definition) is 5. The van der Waals surface area contributed by atoms with E-state index in [-0.39, 0.29) is 23.6 Å². The molecule has 2 aliphatic heterocycles. The highest BCUT2D eigenvalue weighted by atomic mass is 32.2. The van der Waals surface area contributed by atoms with Gasteiger partial charge in [0, 0.05) is 31.5 Å². The van der Waals surface area contributed by atoms with E-state index in [0.717, 1.165) is 5.75 Å². The summed E-state index contributed by atoms with van der Waals surface area (Å²) >= 11 is 0. The van der Waals surface area contributed by atoms with Crippen molar-refractivity contribution >= 4 is 15.7 Å². The number of fused-ring (bicyclic) bond motifs is 1. The molecule has 2 saturated heterocycles. The van der Waals surface area contributed by atoms with Gasteiger partial charge in [-0.25, -0.2) is 8.42 Å². The summed E-state index contributed by atoms with van der Waals surface area (Å²) in [6.45, 7) is 1.37. The molecule has 0 saturated carbocycles. The first-order chi connectivity index (χ1) is 11.9. The van der Waals surface area contributed by atoms with Crippen LogP contribution in [0.5, 0.6) is 5.75 Å². The molecule has 0 spiro atoms. The molecule has 6 nitrogen and oxygen atoms in total. The Kier molecular flexibility index (Phi) is 5.34. The Morgan fingerprint density at radius 2 is 1.96 bits per heavy atom. The third-order valence-electron chi connectivity index (χ3n) is 5.23. The van der Waals surface area contributed by atoms with Crippen LogP contribution in [0.4, 0.5) is 0 Å². The smallest absolute Gasteiger partial charge is 0.222 e. The number of nitrogens with zero attached hydrogens (tertiary/aromatic N) is 2. The van der Waals surface area contributed by atoms with Gasteiger partial charge in [-0.15, -0.1) is 0 Å². The summed E-state index contributed by atoms with van der Waals surface area (Å²) in [7, 11) is 0.715. The molecule has 7 heteroatoms. The Labute approximate surface area is 149 Å². The maximum atomic E-state index is 12.4. The van der Waals surface area contributed by atoms with Crippen LogP contribution >= 0.6 is 0 Å². The highest BCUT2D eigenvalue weighted by Gasteiger charge is 2.53. The average Bonchev–Trinajstić information content (AvgIpc) is 3.12. The van der Waals surface area contributed by atoms with Gasteiger partial charge in [0.05, 0.1) is 17.6 Å². The summed E-state index contributed by atoms with van der Waals surface area (Å²) < 4.78 is 30.3. The van der Waals surface area contributed by atoms with Gasteiger partial charge >= 0.3 is 0 Å².